The number of benzene rings is 1. The minimum Gasteiger partial charge on any atom is -0.334 e. The number of hydrogen-bond donors (Lipinski definition) is 1. The van der Waals surface area contributed by atoms with Gasteiger partial charge in [0, 0.05) is 16.0 Å². The summed E-state index contributed by atoms with van der Waals surface area (Å²) in [4.78, 5) is 4.23. The Balaban J connectivity index is 2.30. The molecule has 1 aromatic heterocycles. The van der Waals surface area contributed by atoms with Gasteiger partial charge in [0.15, 0.2) is 5.82 Å². The maximum Gasteiger partial charge on any atom is 0.261 e. The molecule has 1 unspecified atom stereocenters. The van der Waals surface area contributed by atoms with Crippen LogP contribution >= 0.6 is 22.6 Å². The minimum absolute atomic E-state index is 0.232. The van der Waals surface area contributed by atoms with Crippen molar-refractivity contribution in [3.63, 3.8) is 0 Å². The lowest BCUT2D eigenvalue weighted by Crippen LogP contribution is -2.24. The Morgan fingerprint density at radius 3 is 2.94 bits per heavy atom. The van der Waals surface area contributed by atoms with Crippen molar-refractivity contribution in [1.82, 2.24) is 15.5 Å². The van der Waals surface area contributed by atoms with Gasteiger partial charge >= 0.3 is 0 Å². The second-order valence-corrected chi connectivity index (χ2v) is 5.17. The Morgan fingerprint density at radius 2 is 2.28 bits per heavy atom. The molecule has 1 atom stereocenters. The molecule has 2 rings (SSSR count). The van der Waals surface area contributed by atoms with E-state index in [2.05, 4.69) is 38.0 Å². The zero-order chi connectivity index (χ0) is 13.1. The third-order valence-electron chi connectivity index (χ3n) is 2.63. The fourth-order valence-electron chi connectivity index (χ4n) is 1.52. The van der Waals surface area contributed by atoms with E-state index in [1.165, 1.54) is 6.07 Å². The first kappa shape index (κ1) is 13.4. The zero-order valence-corrected chi connectivity index (χ0v) is 12.2. The molecule has 1 N–H and O–H groups in total. The summed E-state index contributed by atoms with van der Waals surface area (Å²) in [5.74, 6) is 0.459. The molecular weight excluding hydrogens is 348 g/mol. The summed E-state index contributed by atoms with van der Waals surface area (Å²) >= 11 is 2.05. The summed E-state index contributed by atoms with van der Waals surface area (Å²) in [5.41, 5.74) is 0.369. The van der Waals surface area contributed by atoms with Crippen LogP contribution in [0.15, 0.2) is 22.7 Å². The van der Waals surface area contributed by atoms with E-state index in [0.29, 0.717) is 17.8 Å². The fourth-order valence-corrected chi connectivity index (χ4v) is 2.21. The van der Waals surface area contributed by atoms with Gasteiger partial charge in [0.05, 0.1) is 5.56 Å². The van der Waals surface area contributed by atoms with Crippen LogP contribution in [0.2, 0.25) is 0 Å². The van der Waals surface area contributed by atoms with Crippen LogP contribution in [0.25, 0.3) is 11.5 Å². The van der Waals surface area contributed by atoms with Gasteiger partial charge < -0.3 is 9.84 Å². The first-order chi connectivity index (χ1) is 8.61. The Morgan fingerprint density at radius 1 is 1.50 bits per heavy atom. The average Bonchev–Trinajstić information content (AvgIpc) is 2.77. The van der Waals surface area contributed by atoms with E-state index in [1.807, 2.05) is 14.0 Å². The minimum atomic E-state index is -0.348. The maximum atomic E-state index is 13.7. The molecule has 0 radical (unpaired) electrons. The van der Waals surface area contributed by atoms with Crippen LogP contribution in [0.1, 0.15) is 12.7 Å². The van der Waals surface area contributed by atoms with E-state index in [4.69, 9.17) is 4.52 Å². The molecule has 4 nitrogen and oxygen atoms in total. The largest absolute Gasteiger partial charge is 0.334 e. The average molecular weight is 361 g/mol. The van der Waals surface area contributed by atoms with Crippen LogP contribution in [0.4, 0.5) is 4.39 Å². The van der Waals surface area contributed by atoms with Crippen molar-refractivity contribution in [1.29, 1.82) is 0 Å². The number of nitrogens with one attached hydrogen (secondary N) is 1. The van der Waals surface area contributed by atoms with Gasteiger partial charge in [0.2, 0.25) is 0 Å². The van der Waals surface area contributed by atoms with E-state index in [0.717, 1.165) is 3.57 Å². The molecule has 96 valence electrons. The number of nitrogens with zero attached hydrogens (tertiary/aromatic N) is 2. The van der Waals surface area contributed by atoms with Crippen molar-refractivity contribution in [3.8, 4) is 11.5 Å². The van der Waals surface area contributed by atoms with E-state index in [1.54, 1.807) is 12.1 Å². The van der Waals surface area contributed by atoms with Gasteiger partial charge in [-0.2, -0.15) is 4.98 Å². The van der Waals surface area contributed by atoms with Gasteiger partial charge in [0.1, 0.15) is 5.82 Å². The van der Waals surface area contributed by atoms with Crippen LogP contribution in [-0.2, 0) is 6.42 Å². The number of hydrogen-bond acceptors (Lipinski definition) is 4. The second kappa shape index (κ2) is 5.75. The Bertz CT molecular complexity index is 524. The Hall–Kier alpha value is -1.02. The smallest absolute Gasteiger partial charge is 0.261 e. The molecule has 1 heterocycles. The highest BCUT2D eigenvalue weighted by atomic mass is 127. The molecule has 1 aromatic carbocycles. The second-order valence-electron chi connectivity index (χ2n) is 4.01. The lowest BCUT2D eigenvalue weighted by Gasteiger charge is -2.04. The maximum absolute atomic E-state index is 13.7. The SMILES string of the molecule is CNC(C)Cc1noc(-c2c(F)cccc2I)n1. The summed E-state index contributed by atoms with van der Waals surface area (Å²) in [6.45, 7) is 2.02. The van der Waals surface area contributed by atoms with Crippen LogP contribution in [0.3, 0.4) is 0 Å². The molecule has 0 bridgehead atoms. The highest BCUT2D eigenvalue weighted by Gasteiger charge is 2.17. The molecule has 0 aliphatic rings. The Labute approximate surface area is 118 Å². The van der Waals surface area contributed by atoms with Crippen molar-refractivity contribution in [2.45, 2.75) is 19.4 Å². The van der Waals surface area contributed by atoms with E-state index >= 15 is 0 Å². The molecule has 6 heteroatoms. The molecule has 0 saturated carbocycles. The number of halogens is 2. The number of aromatic nitrogens is 2. The normalized spacial score (nSPS) is 12.7. The lowest BCUT2D eigenvalue weighted by molar-refractivity contribution is 0.416. The van der Waals surface area contributed by atoms with Crippen molar-refractivity contribution < 1.29 is 8.91 Å². The predicted octanol–water partition coefficient (Wildman–Crippen LogP) is 2.63. The van der Waals surface area contributed by atoms with Gasteiger partial charge in [-0.15, -0.1) is 0 Å². The fraction of sp³-hybridized carbons (Fsp3) is 0.333. The van der Waals surface area contributed by atoms with E-state index in [9.17, 15) is 4.39 Å². The monoisotopic (exact) mass is 361 g/mol. The molecule has 18 heavy (non-hydrogen) atoms. The van der Waals surface area contributed by atoms with Gasteiger partial charge in [-0.05, 0) is 48.7 Å². The molecule has 0 spiro atoms. The van der Waals surface area contributed by atoms with E-state index < -0.39 is 0 Å². The standard InChI is InChI=1S/C12H13FIN3O/c1-7(15-2)6-10-16-12(18-17-10)11-8(13)4-3-5-9(11)14/h3-5,7,15H,6H2,1-2H3. The van der Waals surface area contributed by atoms with Crippen molar-refractivity contribution in [2.75, 3.05) is 7.05 Å². The third-order valence-corrected chi connectivity index (χ3v) is 3.53. The summed E-state index contributed by atoms with van der Waals surface area (Å²) in [7, 11) is 1.87. The van der Waals surface area contributed by atoms with Gasteiger partial charge in [0.25, 0.3) is 5.89 Å². The van der Waals surface area contributed by atoms with Crippen molar-refractivity contribution in [2.24, 2.45) is 0 Å². The topological polar surface area (TPSA) is 51.0 Å². The summed E-state index contributed by atoms with van der Waals surface area (Å²) in [6, 6.07) is 5.09. The molecular formula is C12H13FIN3O. The highest BCUT2D eigenvalue weighted by Crippen LogP contribution is 2.26. The van der Waals surface area contributed by atoms with Gasteiger partial charge in [-0.25, -0.2) is 4.39 Å². The van der Waals surface area contributed by atoms with Crippen LogP contribution in [-0.4, -0.2) is 23.2 Å². The molecule has 2 aromatic rings. The van der Waals surface area contributed by atoms with Gasteiger partial charge in [-0.3, -0.25) is 0 Å². The van der Waals surface area contributed by atoms with E-state index in [-0.39, 0.29) is 17.7 Å². The number of rotatable bonds is 4. The summed E-state index contributed by atoms with van der Waals surface area (Å²) in [5, 5.41) is 6.95. The molecule has 0 saturated heterocycles. The summed E-state index contributed by atoms with van der Waals surface area (Å²) in [6.07, 6.45) is 0.644. The van der Waals surface area contributed by atoms with Crippen LogP contribution in [0, 0.1) is 9.39 Å². The zero-order valence-electron chi connectivity index (χ0n) is 10.1. The van der Waals surface area contributed by atoms with Crippen molar-refractivity contribution in [3.05, 3.63) is 33.4 Å². The van der Waals surface area contributed by atoms with Crippen molar-refractivity contribution >= 4 is 22.6 Å². The summed E-state index contributed by atoms with van der Waals surface area (Å²) < 4.78 is 19.6. The molecule has 0 amide bonds. The van der Waals surface area contributed by atoms with Crippen LogP contribution in [0.5, 0.6) is 0 Å². The van der Waals surface area contributed by atoms with Crippen LogP contribution < -0.4 is 5.32 Å². The molecule has 0 aliphatic heterocycles. The first-order valence-corrected chi connectivity index (χ1v) is 6.64. The quantitative estimate of drug-likeness (QED) is 0.851. The highest BCUT2D eigenvalue weighted by molar-refractivity contribution is 14.1. The predicted molar refractivity (Wildman–Crippen MR) is 74.6 cm³/mol. The molecule has 0 aliphatic carbocycles. The third kappa shape index (κ3) is 2.86. The number of likely N-dealkylation sites (N-methyl/N-ethyl adjacent to an activating group) is 1. The Kier molecular flexibility index (Phi) is 4.28. The first-order valence-electron chi connectivity index (χ1n) is 5.56. The molecule has 0 fully saturated rings. The van der Waals surface area contributed by atoms with Gasteiger partial charge in [-0.1, -0.05) is 11.2 Å². The lowest BCUT2D eigenvalue weighted by atomic mass is 10.2.